The van der Waals surface area contributed by atoms with Crippen molar-refractivity contribution in [3.8, 4) is 0 Å². The molecule has 1 aromatic carbocycles. The Kier molecular flexibility index (Phi) is 7.49. The lowest BCUT2D eigenvalue weighted by molar-refractivity contribution is 0.0354. The van der Waals surface area contributed by atoms with Gasteiger partial charge in [-0.1, -0.05) is 28.3 Å². The fourth-order valence-electron chi connectivity index (χ4n) is 2.85. The van der Waals surface area contributed by atoms with E-state index in [9.17, 15) is 0 Å². The van der Waals surface area contributed by atoms with Gasteiger partial charge in [-0.15, -0.1) is 17.0 Å². The number of nitrogens with one attached hydrogen (secondary N) is 1. The van der Waals surface area contributed by atoms with Gasteiger partial charge in [0, 0.05) is 37.0 Å². The van der Waals surface area contributed by atoms with E-state index in [1.54, 1.807) is 0 Å². The summed E-state index contributed by atoms with van der Waals surface area (Å²) < 4.78 is 5.70. The summed E-state index contributed by atoms with van der Waals surface area (Å²) in [5, 5.41) is 13.1. The van der Waals surface area contributed by atoms with Crippen molar-refractivity contribution in [2.75, 3.05) is 45.9 Å². The van der Waals surface area contributed by atoms with Gasteiger partial charge in [0.15, 0.2) is 11.9 Å². The molecule has 0 bridgehead atoms. The van der Waals surface area contributed by atoms with Crippen LogP contribution in [-0.4, -0.2) is 50.8 Å². The van der Waals surface area contributed by atoms with E-state index in [2.05, 4.69) is 20.6 Å². The largest absolute Gasteiger partial charge is 0.379 e. The quantitative estimate of drug-likeness (QED) is 0.729. The van der Waals surface area contributed by atoms with E-state index in [-0.39, 0.29) is 17.0 Å². The molecule has 0 amide bonds. The van der Waals surface area contributed by atoms with Crippen LogP contribution in [0, 0.1) is 0 Å². The number of rotatable bonds is 6. The molecule has 3 rings (SSSR count). The smallest absolute Gasteiger partial charge is 0.210 e. The molecule has 1 aromatic rings. The summed E-state index contributed by atoms with van der Waals surface area (Å²) in [7, 11) is 0. The summed E-state index contributed by atoms with van der Waals surface area (Å²) in [5.74, 6) is 0.783. The minimum Gasteiger partial charge on any atom is -0.379 e. The monoisotopic (exact) mass is 406 g/mol. The highest BCUT2D eigenvalue weighted by Gasteiger charge is 2.36. The molecule has 0 aromatic heterocycles. The van der Waals surface area contributed by atoms with Gasteiger partial charge in [0.1, 0.15) is 6.54 Å². The number of hydrogen-bond acceptors (Lipinski definition) is 5. The second kappa shape index (κ2) is 9.16. The van der Waals surface area contributed by atoms with E-state index >= 15 is 0 Å². The van der Waals surface area contributed by atoms with Gasteiger partial charge >= 0.3 is 0 Å². The molecule has 2 heterocycles. The van der Waals surface area contributed by atoms with E-state index in [0.29, 0.717) is 10.0 Å². The molecule has 0 aliphatic carbocycles. The fourth-order valence-corrected chi connectivity index (χ4v) is 3.15. The van der Waals surface area contributed by atoms with Crippen LogP contribution in [0.4, 0.5) is 5.69 Å². The topological polar surface area (TPSA) is 49.2 Å². The number of halogens is 3. The lowest BCUT2D eigenvalue weighted by atomic mass is 10.2. The molecule has 2 aliphatic rings. The maximum atomic E-state index is 6.22. The van der Waals surface area contributed by atoms with Crippen molar-refractivity contribution in [1.29, 1.82) is 0 Å². The summed E-state index contributed by atoms with van der Waals surface area (Å²) >= 11 is 12.3. The lowest BCUT2D eigenvalue weighted by Crippen LogP contribution is -2.46. The van der Waals surface area contributed by atoms with Crippen LogP contribution >= 0.6 is 35.6 Å². The van der Waals surface area contributed by atoms with Crippen LogP contribution in [0.15, 0.2) is 40.6 Å². The summed E-state index contributed by atoms with van der Waals surface area (Å²) in [6, 6.07) is 5.63. The Morgan fingerprint density at radius 1 is 1.24 bits per heavy atom. The number of benzene rings is 1. The van der Waals surface area contributed by atoms with Gasteiger partial charge in [-0.3, -0.25) is 4.90 Å². The van der Waals surface area contributed by atoms with Gasteiger partial charge in [-0.05, 0) is 13.0 Å². The zero-order valence-corrected chi connectivity index (χ0v) is 16.4. The molecule has 0 saturated carbocycles. The molecule has 1 N–H and O–H groups in total. The molecule has 6 nitrogen and oxygen atoms in total. The Labute approximate surface area is 164 Å². The number of nitrogens with zero attached hydrogens (tertiary/aromatic N) is 4. The maximum Gasteiger partial charge on any atom is 0.210 e. The molecule has 1 unspecified atom stereocenters. The minimum absolute atomic E-state index is 0. The molecule has 25 heavy (non-hydrogen) atoms. The standard InChI is InChI=1S/C16H22Cl2N5O.ClH/c1-2-19-16-12-23(21-20-16,8-5-22-6-9-24-10-7-22)13-3-4-14(17)15(18)11-13;/h3-4,11-12,19H,2,5-10H2,1H3;1H/q+1;. The van der Waals surface area contributed by atoms with Crippen LogP contribution in [0.25, 0.3) is 0 Å². The predicted molar refractivity (Wildman–Crippen MR) is 104 cm³/mol. The highest BCUT2D eigenvalue weighted by atomic mass is 35.5. The van der Waals surface area contributed by atoms with Gasteiger partial charge in [0.25, 0.3) is 0 Å². The van der Waals surface area contributed by atoms with Crippen LogP contribution in [0.2, 0.25) is 10.0 Å². The van der Waals surface area contributed by atoms with Gasteiger partial charge in [-0.25, -0.2) is 0 Å². The van der Waals surface area contributed by atoms with Crippen molar-refractivity contribution < 1.29 is 4.74 Å². The average molecular weight is 408 g/mol. The van der Waals surface area contributed by atoms with Crippen molar-refractivity contribution in [2.24, 2.45) is 10.3 Å². The third-order valence-corrected chi connectivity index (χ3v) is 4.96. The van der Waals surface area contributed by atoms with E-state index in [0.717, 1.165) is 57.4 Å². The second-order valence-electron chi connectivity index (χ2n) is 5.84. The molecule has 1 atom stereocenters. The van der Waals surface area contributed by atoms with Crippen LogP contribution < -0.4 is 9.91 Å². The zero-order valence-electron chi connectivity index (χ0n) is 14.1. The summed E-state index contributed by atoms with van der Waals surface area (Å²) in [5.41, 5.74) is 0.953. The highest BCUT2D eigenvalue weighted by molar-refractivity contribution is 6.42. The zero-order chi connectivity index (χ0) is 17.0. The predicted octanol–water partition coefficient (Wildman–Crippen LogP) is 3.84. The first-order valence-corrected chi connectivity index (χ1v) is 8.92. The van der Waals surface area contributed by atoms with E-state index in [1.807, 2.05) is 31.3 Å². The molecular formula is C16H23Cl3N5O+. The highest BCUT2D eigenvalue weighted by Crippen LogP contribution is 2.35. The second-order valence-corrected chi connectivity index (χ2v) is 6.65. The van der Waals surface area contributed by atoms with Crippen molar-refractivity contribution in [1.82, 2.24) is 14.8 Å². The van der Waals surface area contributed by atoms with Crippen LogP contribution in [0.5, 0.6) is 0 Å². The molecule has 138 valence electrons. The third kappa shape index (κ3) is 4.84. The SMILES string of the molecule is CCNC1=C[N+](CCN2CCOCC2)(c2ccc(Cl)c(Cl)c2)N=N1.Cl. The molecule has 0 spiro atoms. The van der Waals surface area contributed by atoms with Crippen molar-refractivity contribution in [3.05, 3.63) is 40.3 Å². The molecule has 9 heteroatoms. The van der Waals surface area contributed by atoms with Gasteiger partial charge in [0.05, 0.1) is 29.8 Å². The normalized spacial score (nSPS) is 23.2. The van der Waals surface area contributed by atoms with Gasteiger partial charge < -0.3 is 10.1 Å². The first kappa shape index (κ1) is 20.4. The van der Waals surface area contributed by atoms with E-state index < -0.39 is 0 Å². The Morgan fingerprint density at radius 2 is 2.00 bits per heavy atom. The molecular weight excluding hydrogens is 385 g/mol. The minimum atomic E-state index is 0. The van der Waals surface area contributed by atoms with E-state index in [1.165, 1.54) is 0 Å². The Balaban J connectivity index is 0.00000225. The van der Waals surface area contributed by atoms with Gasteiger partial charge in [-0.2, -0.15) is 0 Å². The van der Waals surface area contributed by atoms with Crippen LogP contribution in [0.3, 0.4) is 0 Å². The summed E-state index contributed by atoms with van der Waals surface area (Å²) in [6.45, 7) is 7.98. The van der Waals surface area contributed by atoms with Crippen LogP contribution in [-0.2, 0) is 4.74 Å². The first-order chi connectivity index (χ1) is 11.6. The molecule has 2 aliphatic heterocycles. The van der Waals surface area contributed by atoms with Gasteiger partial charge in [0.2, 0.25) is 5.82 Å². The fraction of sp³-hybridized carbons (Fsp3) is 0.500. The van der Waals surface area contributed by atoms with Crippen molar-refractivity contribution in [3.63, 3.8) is 0 Å². The Hall–Kier alpha value is -0.890. The summed E-state index contributed by atoms with van der Waals surface area (Å²) in [4.78, 5) is 2.38. The van der Waals surface area contributed by atoms with E-state index in [4.69, 9.17) is 27.9 Å². The first-order valence-electron chi connectivity index (χ1n) is 8.16. The Morgan fingerprint density at radius 3 is 2.68 bits per heavy atom. The number of ether oxygens (including phenoxy) is 1. The van der Waals surface area contributed by atoms with Crippen LogP contribution in [0.1, 0.15) is 6.92 Å². The molecule has 1 fully saturated rings. The van der Waals surface area contributed by atoms with Crippen molar-refractivity contribution >= 4 is 41.3 Å². The number of morpholine rings is 1. The third-order valence-electron chi connectivity index (χ3n) is 4.22. The number of quaternary nitrogens is 1. The number of hydrogen-bond donors (Lipinski definition) is 1. The summed E-state index contributed by atoms with van der Waals surface area (Å²) in [6.07, 6.45) is 2.03. The molecule has 0 radical (unpaired) electrons. The Bertz CT molecular complexity index is 649. The molecule has 1 saturated heterocycles. The average Bonchev–Trinajstić information content (AvgIpc) is 3.01. The maximum absolute atomic E-state index is 6.22. The van der Waals surface area contributed by atoms with Crippen molar-refractivity contribution in [2.45, 2.75) is 6.92 Å². The lowest BCUT2D eigenvalue weighted by Gasteiger charge is -2.30.